The number of nitrogens with one attached hydrogen (secondary N) is 4. The first-order valence-corrected chi connectivity index (χ1v) is 43.2. The van der Waals surface area contributed by atoms with Crippen LogP contribution >= 0.6 is 0 Å². The fourth-order valence-electron chi connectivity index (χ4n) is 14.5. The molecule has 6 aromatic heterocycles. The summed E-state index contributed by atoms with van der Waals surface area (Å²) in [7, 11) is -12.9. The normalized spacial score (nSPS) is 16.8. The lowest BCUT2D eigenvalue weighted by Gasteiger charge is -2.34. The summed E-state index contributed by atoms with van der Waals surface area (Å²) in [4.78, 5) is 82.6. The highest BCUT2D eigenvalue weighted by Gasteiger charge is 2.42. The number of ether oxygens (including phenoxy) is 3. The fraction of sp³-hybridized carbons (Fsp3) is 0.337. The number of hydrogen-bond acceptors (Lipinski definition) is 23. The van der Waals surface area contributed by atoms with Crippen LogP contribution in [0, 0.1) is 29.4 Å². The molecule has 0 radical (unpaired) electrons. The Kier molecular flexibility index (Phi) is 27.1. The molecule has 3 aliphatic heterocycles. The summed E-state index contributed by atoms with van der Waals surface area (Å²) in [6.07, 6.45) is 6.29. The van der Waals surface area contributed by atoms with Crippen molar-refractivity contribution in [1.82, 2.24) is 44.1 Å². The maximum atomic E-state index is 14.5. The second-order valence-corrected chi connectivity index (χ2v) is 36.2. The average molecular weight is 1670 g/mol. The van der Waals surface area contributed by atoms with Gasteiger partial charge in [-0.25, -0.2) is 64.7 Å². The van der Waals surface area contributed by atoms with Crippen LogP contribution < -0.4 is 60.1 Å². The molecule has 4 aromatic carbocycles. The number of carbonyl (C=O) groups excluding carboxylic acids is 3. The van der Waals surface area contributed by atoms with E-state index in [1.54, 1.807) is 48.7 Å². The number of anilines is 5. The first-order chi connectivity index (χ1) is 55.8. The molecule has 0 aliphatic carbocycles. The number of nitrogens with two attached hydrogens (primary N) is 2. The van der Waals surface area contributed by atoms with Crippen LogP contribution in [0.25, 0.3) is 33.8 Å². The standard InChI is InChI=1S/C32H35N5O4S.C28H33FN4O5S.C26H30FN5O4S/c1-20(2)41-30-16-13-24(19-34-30)29-15-14-27(32(38)36-42(39,40)26-12-8-11-25(33)18-26)31(35-29)37-21(3)17-28(22(37)4)23-9-6-5-7-10-23;1-17(2)16-38-21-12-19(11-20(29)13-21)23-9-8-22(25(31-23)33-15-18(3)14-28(33,4)5)26(34)32-39(36,37)24-7-6-10-30-27(24)35;1-16(2)36-20-14-18(13-19(27)15-20)22-8-7-21(25(29-22)32-11-9-17(3)10-12-32)26(33)31-37(34,35)24-6-4-5-23(28)30-24/h5-16,18-22,28H,17,33H2,1-4H3,(H,36,38);6-13,17-18H,14-16H2,1-5H3,(H,30,35)(H,32,34);4-8,13-17H,9-12H2,1-3H3,(H2,28,30)(H,31,33)/t;18-;/m.1./s1. The molecule has 0 bridgehead atoms. The Morgan fingerprint density at radius 3 is 1.73 bits per heavy atom. The topological polar surface area (TPSA) is 376 Å². The maximum absolute atomic E-state index is 14.5. The molecule has 0 saturated carbocycles. The number of sulfonamides is 3. The molecule has 3 aliphatic rings. The molecule has 622 valence electrons. The molecule has 13 rings (SSSR count). The van der Waals surface area contributed by atoms with E-state index in [1.165, 1.54) is 96.7 Å². The Labute approximate surface area is 686 Å². The Morgan fingerprint density at radius 2 is 1.15 bits per heavy atom. The first-order valence-electron chi connectivity index (χ1n) is 38.7. The van der Waals surface area contributed by atoms with Crippen molar-refractivity contribution >= 4 is 76.8 Å². The van der Waals surface area contributed by atoms with E-state index in [9.17, 15) is 53.2 Å². The van der Waals surface area contributed by atoms with Crippen LogP contribution in [-0.2, 0) is 30.1 Å². The third-order valence-electron chi connectivity index (χ3n) is 20.0. The SMILES string of the molecule is CC(C)COc1cc(F)cc(-c2ccc(C(=O)NS(=O)(=O)c3ccc[nH]c3=O)c(N3C[C@H](C)CC3(C)C)n2)c1.CC(C)Oc1ccc(-c2ccc(C(=O)NS(=O)(=O)c3cccc(N)c3)c(N3C(C)CC(c4ccccc4)C3C)n2)cn1.CC1CCN(c2nc(-c3cc(F)cc(OC(C)C)c3)ccc2C(=O)NS(=O)(=O)c2cccc(N)n2)CC1. The number of aromatic amines is 1. The lowest BCUT2D eigenvalue weighted by atomic mass is 9.92. The van der Waals surface area contributed by atoms with Crippen molar-refractivity contribution in [1.29, 1.82) is 0 Å². The molecule has 32 heteroatoms. The van der Waals surface area contributed by atoms with Crippen molar-refractivity contribution in [3.8, 4) is 51.2 Å². The molecule has 8 N–H and O–H groups in total. The summed E-state index contributed by atoms with van der Waals surface area (Å²) in [5.41, 5.74) is 15.0. The smallest absolute Gasteiger partial charge is 0.281 e. The van der Waals surface area contributed by atoms with E-state index in [1.807, 2.05) is 94.2 Å². The zero-order chi connectivity index (χ0) is 85.3. The minimum atomic E-state index is -4.46. The van der Waals surface area contributed by atoms with Gasteiger partial charge in [-0.2, -0.15) is 8.42 Å². The van der Waals surface area contributed by atoms with Gasteiger partial charge in [0.1, 0.15) is 46.4 Å². The third-order valence-corrected chi connectivity index (χ3v) is 23.9. The molecular weight excluding hydrogens is 1570 g/mol. The lowest BCUT2D eigenvalue weighted by Crippen LogP contribution is -2.41. The van der Waals surface area contributed by atoms with Gasteiger partial charge >= 0.3 is 0 Å². The van der Waals surface area contributed by atoms with E-state index in [-0.39, 0.29) is 91.5 Å². The monoisotopic (exact) mass is 1670 g/mol. The summed E-state index contributed by atoms with van der Waals surface area (Å²) in [5.74, 6) is -0.0111. The summed E-state index contributed by atoms with van der Waals surface area (Å²) in [6, 6.07) is 44.4. The van der Waals surface area contributed by atoms with E-state index in [0.717, 1.165) is 37.3 Å². The maximum Gasteiger partial charge on any atom is 0.281 e. The number of halogens is 2. The van der Waals surface area contributed by atoms with Gasteiger partial charge < -0.3 is 45.4 Å². The Morgan fingerprint density at radius 1 is 0.585 bits per heavy atom. The van der Waals surface area contributed by atoms with E-state index in [2.05, 4.69) is 69.1 Å². The van der Waals surface area contributed by atoms with Crippen LogP contribution in [0.5, 0.6) is 17.4 Å². The van der Waals surface area contributed by atoms with Gasteiger partial charge in [-0.1, -0.05) is 70.2 Å². The quantitative estimate of drug-likeness (QED) is 0.0324. The molecule has 0 spiro atoms. The number of pyridine rings is 6. The zero-order valence-corrected chi connectivity index (χ0v) is 70.1. The van der Waals surface area contributed by atoms with E-state index >= 15 is 0 Å². The van der Waals surface area contributed by atoms with Crippen LogP contribution in [0.2, 0.25) is 0 Å². The predicted octanol–water partition coefficient (Wildman–Crippen LogP) is 13.8. The zero-order valence-electron chi connectivity index (χ0n) is 67.6. The van der Waals surface area contributed by atoms with Gasteiger partial charge in [0.15, 0.2) is 9.92 Å². The molecule has 10 aromatic rings. The second-order valence-electron chi connectivity index (χ2n) is 31.3. The summed E-state index contributed by atoms with van der Waals surface area (Å²) < 4.78 is 130. The van der Waals surface area contributed by atoms with Gasteiger partial charge in [0.05, 0.1) is 57.5 Å². The minimum Gasteiger partial charge on any atom is -0.493 e. The highest BCUT2D eigenvalue weighted by Crippen LogP contribution is 2.43. The molecular formula is C86H98F2N14O13S3. The van der Waals surface area contributed by atoms with E-state index in [0.29, 0.717) is 89.4 Å². The highest BCUT2D eigenvalue weighted by molar-refractivity contribution is 7.90. The summed E-state index contributed by atoms with van der Waals surface area (Å²) in [5, 5.41) is -0.365. The van der Waals surface area contributed by atoms with Gasteiger partial charge in [-0.15, -0.1) is 0 Å². The van der Waals surface area contributed by atoms with Gasteiger partial charge in [0.2, 0.25) is 5.88 Å². The summed E-state index contributed by atoms with van der Waals surface area (Å²) in [6.45, 7) is 26.3. The number of hydrogen-bond donors (Lipinski definition) is 6. The largest absolute Gasteiger partial charge is 0.493 e. The van der Waals surface area contributed by atoms with Crippen molar-refractivity contribution in [3.05, 3.63) is 226 Å². The minimum absolute atomic E-state index is 0.00909. The van der Waals surface area contributed by atoms with E-state index < -0.39 is 69.9 Å². The number of amides is 3. The predicted molar refractivity (Wildman–Crippen MR) is 450 cm³/mol. The number of benzene rings is 4. The number of nitrogen functional groups attached to an aromatic ring is 2. The Hall–Kier alpha value is -11.9. The van der Waals surface area contributed by atoms with Crippen LogP contribution in [0.3, 0.4) is 0 Å². The van der Waals surface area contributed by atoms with Gasteiger partial charge in [-0.3, -0.25) is 19.2 Å². The van der Waals surface area contributed by atoms with Crippen molar-refractivity contribution in [2.75, 3.05) is 52.4 Å². The van der Waals surface area contributed by atoms with Crippen molar-refractivity contribution < 1.29 is 62.6 Å². The van der Waals surface area contributed by atoms with Crippen molar-refractivity contribution in [2.45, 2.75) is 159 Å². The average Bonchev–Trinajstić information content (AvgIpc) is 1.56. The van der Waals surface area contributed by atoms with E-state index in [4.69, 9.17) is 40.6 Å². The molecule has 27 nitrogen and oxygen atoms in total. The van der Waals surface area contributed by atoms with Crippen LogP contribution in [0.1, 0.15) is 151 Å². The number of nitrogens with zero attached hydrogens (tertiary/aromatic N) is 8. The van der Waals surface area contributed by atoms with Crippen LogP contribution in [0.15, 0.2) is 202 Å². The van der Waals surface area contributed by atoms with Gasteiger partial charge in [-0.05, 0) is 214 Å². The van der Waals surface area contributed by atoms with Crippen molar-refractivity contribution in [2.24, 2.45) is 17.8 Å². The number of carbonyl (C=O) groups is 3. The molecule has 118 heavy (non-hydrogen) atoms. The number of rotatable bonds is 23. The Bertz CT molecular complexity index is 5740. The second kappa shape index (κ2) is 36.7. The summed E-state index contributed by atoms with van der Waals surface area (Å²) >= 11 is 0. The van der Waals surface area contributed by atoms with Gasteiger partial charge in [0.25, 0.3) is 53.4 Å². The van der Waals surface area contributed by atoms with Crippen LogP contribution in [-0.4, -0.2) is 129 Å². The highest BCUT2D eigenvalue weighted by atomic mass is 32.2. The number of aromatic nitrogens is 6. The Balaban J connectivity index is 0.000000174. The molecule has 3 saturated heterocycles. The first kappa shape index (κ1) is 86.9. The van der Waals surface area contributed by atoms with Gasteiger partial charge in [0, 0.05) is 96.1 Å². The van der Waals surface area contributed by atoms with Crippen molar-refractivity contribution in [3.63, 3.8) is 0 Å². The molecule has 4 atom stereocenters. The molecule has 9 heterocycles. The molecule has 3 unspecified atom stereocenters. The number of H-pyrrole nitrogens is 1. The third kappa shape index (κ3) is 21.5. The molecule has 3 amide bonds. The lowest BCUT2D eigenvalue weighted by molar-refractivity contribution is 0.0972. The van der Waals surface area contributed by atoms with Crippen LogP contribution in [0.4, 0.5) is 37.7 Å². The molecule has 3 fully saturated rings. The number of piperidine rings is 1. The fourth-order valence-corrected chi connectivity index (χ4v) is 17.5.